The Labute approximate surface area is 237 Å². The number of rotatable bonds is 4. The molecule has 0 atom stereocenters. The van der Waals surface area contributed by atoms with Crippen LogP contribution in [0.2, 0.25) is 0 Å². The van der Waals surface area contributed by atoms with Crippen LogP contribution in [0.1, 0.15) is 64.1 Å². The Bertz CT molecular complexity index is 1490. The van der Waals surface area contributed by atoms with Gasteiger partial charge in [0.2, 0.25) is 0 Å². The van der Waals surface area contributed by atoms with Gasteiger partial charge in [-0.1, -0.05) is 102 Å². The maximum absolute atomic E-state index is 4.98. The number of pyridine rings is 2. The van der Waals surface area contributed by atoms with Gasteiger partial charge in [0, 0.05) is 22.5 Å². The molecule has 5 aromatic rings. The van der Waals surface area contributed by atoms with Crippen molar-refractivity contribution in [2.24, 2.45) is 0 Å². The van der Waals surface area contributed by atoms with E-state index in [4.69, 9.17) is 9.97 Å². The lowest BCUT2D eigenvalue weighted by atomic mass is 9.86. The molecule has 0 saturated carbocycles. The van der Waals surface area contributed by atoms with Crippen molar-refractivity contribution in [2.75, 3.05) is 0 Å². The third kappa shape index (κ3) is 5.74. The lowest BCUT2D eigenvalue weighted by molar-refractivity contribution is 0.590. The van der Waals surface area contributed by atoms with Crippen LogP contribution in [0.5, 0.6) is 0 Å². The zero-order valence-electron chi connectivity index (χ0n) is 24.4. The summed E-state index contributed by atoms with van der Waals surface area (Å²) in [5.74, 6) is 0. The molecule has 0 N–H and O–H groups in total. The molecule has 0 aliphatic heterocycles. The van der Waals surface area contributed by atoms with Gasteiger partial charge in [0.15, 0.2) is 0 Å². The molecule has 0 saturated heterocycles. The van der Waals surface area contributed by atoms with Gasteiger partial charge in [0.25, 0.3) is 0 Å². The van der Waals surface area contributed by atoms with Crippen LogP contribution in [-0.2, 0) is 10.8 Å². The summed E-state index contributed by atoms with van der Waals surface area (Å²) in [6.07, 6.45) is 0. The minimum atomic E-state index is 0.151. The van der Waals surface area contributed by atoms with Crippen molar-refractivity contribution < 1.29 is 0 Å². The van der Waals surface area contributed by atoms with E-state index in [-0.39, 0.29) is 10.8 Å². The quantitative estimate of drug-likeness (QED) is 0.231. The van der Waals surface area contributed by atoms with Crippen molar-refractivity contribution in [3.63, 3.8) is 0 Å². The monoisotopic (exact) mass is 530 g/mol. The van der Waals surface area contributed by atoms with Crippen LogP contribution < -0.4 is 0 Å². The minimum Gasteiger partial charge on any atom is -0.252 e. The van der Waals surface area contributed by atoms with Crippen molar-refractivity contribution >= 4 is 11.3 Å². The molecule has 3 aromatic heterocycles. The summed E-state index contributed by atoms with van der Waals surface area (Å²) in [5, 5.41) is 0. The van der Waals surface area contributed by atoms with E-state index in [2.05, 4.69) is 140 Å². The second kappa shape index (κ2) is 10.2. The van der Waals surface area contributed by atoms with Gasteiger partial charge < -0.3 is 0 Å². The Hall–Kier alpha value is -3.56. The fourth-order valence-corrected chi connectivity index (χ4v) is 5.87. The number of aryl methyl sites for hydroxylation is 2. The molecule has 0 aliphatic carbocycles. The molecule has 0 amide bonds. The third-order valence-corrected chi connectivity index (χ3v) is 8.54. The van der Waals surface area contributed by atoms with Gasteiger partial charge >= 0.3 is 0 Å². The molecular formula is C36H38N2S. The van der Waals surface area contributed by atoms with Crippen LogP contribution >= 0.6 is 11.3 Å². The maximum atomic E-state index is 4.98. The number of thiophene rings is 1. The fourth-order valence-electron chi connectivity index (χ4n) is 4.92. The molecule has 0 aliphatic rings. The summed E-state index contributed by atoms with van der Waals surface area (Å²) in [6, 6.07) is 30.8. The first-order valence-corrected chi connectivity index (χ1v) is 14.5. The maximum Gasteiger partial charge on any atom is 0.0805 e. The first-order chi connectivity index (χ1) is 18.4. The van der Waals surface area contributed by atoms with E-state index >= 15 is 0 Å². The van der Waals surface area contributed by atoms with E-state index in [9.17, 15) is 0 Å². The van der Waals surface area contributed by atoms with Crippen molar-refractivity contribution in [1.29, 1.82) is 0 Å². The van der Waals surface area contributed by atoms with E-state index in [0.717, 1.165) is 32.5 Å². The van der Waals surface area contributed by atoms with Crippen molar-refractivity contribution in [3.05, 3.63) is 107 Å². The zero-order valence-corrected chi connectivity index (χ0v) is 25.2. The predicted octanol–water partition coefficient (Wildman–Crippen LogP) is 10.4. The van der Waals surface area contributed by atoms with Crippen LogP contribution in [-0.4, -0.2) is 9.97 Å². The topological polar surface area (TPSA) is 25.8 Å². The predicted molar refractivity (Wildman–Crippen MR) is 169 cm³/mol. The molecule has 198 valence electrons. The molecular weight excluding hydrogens is 492 g/mol. The van der Waals surface area contributed by atoms with Crippen molar-refractivity contribution in [3.8, 4) is 43.4 Å². The first kappa shape index (κ1) is 27.0. The van der Waals surface area contributed by atoms with E-state index in [0.29, 0.717) is 0 Å². The van der Waals surface area contributed by atoms with Gasteiger partial charge in [0.05, 0.1) is 21.1 Å². The van der Waals surface area contributed by atoms with Crippen LogP contribution in [0.4, 0.5) is 0 Å². The van der Waals surface area contributed by atoms with Gasteiger partial charge in [-0.15, -0.1) is 11.3 Å². The summed E-state index contributed by atoms with van der Waals surface area (Å²) in [7, 11) is 0. The van der Waals surface area contributed by atoms with Crippen LogP contribution in [0.3, 0.4) is 0 Å². The van der Waals surface area contributed by atoms with Gasteiger partial charge in [-0.3, -0.25) is 9.97 Å². The lowest BCUT2D eigenvalue weighted by Gasteiger charge is -2.19. The van der Waals surface area contributed by atoms with Crippen molar-refractivity contribution in [1.82, 2.24) is 9.97 Å². The standard InChI is InChI=1S/C36H38N2S/c1-23-29(25-9-13-27(14-10-25)35(3,4)5)17-19-31(37-23)33-21-22-34(39-33)32-20-18-30(24(2)38-32)26-11-15-28(16-12-26)36(6,7)8/h9-22H,1-8H3. The summed E-state index contributed by atoms with van der Waals surface area (Å²) in [4.78, 5) is 12.3. The molecule has 3 heterocycles. The van der Waals surface area contributed by atoms with Crippen LogP contribution in [0.25, 0.3) is 43.4 Å². The zero-order chi connectivity index (χ0) is 27.9. The highest BCUT2D eigenvalue weighted by Gasteiger charge is 2.16. The average Bonchev–Trinajstić information content (AvgIpc) is 3.38. The molecule has 39 heavy (non-hydrogen) atoms. The summed E-state index contributed by atoms with van der Waals surface area (Å²) in [6.45, 7) is 17.7. The van der Waals surface area contributed by atoms with E-state index in [1.165, 1.54) is 33.4 Å². The minimum absolute atomic E-state index is 0.151. The second-order valence-electron chi connectivity index (χ2n) is 12.5. The number of hydrogen-bond acceptors (Lipinski definition) is 3. The number of benzene rings is 2. The van der Waals surface area contributed by atoms with Gasteiger partial charge in [-0.05, 0) is 71.2 Å². The van der Waals surface area contributed by atoms with Gasteiger partial charge in [-0.2, -0.15) is 0 Å². The highest BCUT2D eigenvalue weighted by atomic mass is 32.1. The van der Waals surface area contributed by atoms with E-state index in [1.807, 2.05) is 0 Å². The lowest BCUT2D eigenvalue weighted by Crippen LogP contribution is -2.10. The third-order valence-electron chi connectivity index (χ3n) is 7.41. The Balaban J connectivity index is 1.37. The average molecular weight is 531 g/mol. The molecule has 0 bridgehead atoms. The van der Waals surface area contributed by atoms with E-state index in [1.54, 1.807) is 11.3 Å². The summed E-state index contributed by atoms with van der Waals surface area (Å²) >= 11 is 1.74. The highest BCUT2D eigenvalue weighted by molar-refractivity contribution is 7.18. The van der Waals surface area contributed by atoms with Gasteiger partial charge in [-0.25, -0.2) is 0 Å². The smallest absolute Gasteiger partial charge is 0.0805 e. The molecule has 0 fully saturated rings. The Morgan fingerprint density at radius 1 is 0.462 bits per heavy atom. The Kier molecular flexibility index (Phi) is 7.07. The largest absolute Gasteiger partial charge is 0.252 e. The van der Waals surface area contributed by atoms with Gasteiger partial charge in [0.1, 0.15) is 0 Å². The SMILES string of the molecule is Cc1nc(-c2ccc(-c3ccc(-c4ccc(C(C)(C)C)cc4)c(C)n3)s2)ccc1-c1ccc(C(C)(C)C)cc1. The molecule has 0 unspecified atom stereocenters. The summed E-state index contributed by atoms with van der Waals surface area (Å²) < 4.78 is 0. The molecule has 0 radical (unpaired) electrons. The molecule has 2 aromatic carbocycles. The normalized spacial score (nSPS) is 12.1. The number of hydrogen-bond donors (Lipinski definition) is 0. The van der Waals surface area contributed by atoms with E-state index < -0.39 is 0 Å². The molecule has 3 heteroatoms. The molecule has 0 spiro atoms. The number of aromatic nitrogens is 2. The Morgan fingerprint density at radius 2 is 0.821 bits per heavy atom. The number of nitrogens with zero attached hydrogens (tertiary/aromatic N) is 2. The Morgan fingerprint density at radius 3 is 1.13 bits per heavy atom. The van der Waals surface area contributed by atoms with Crippen molar-refractivity contribution in [2.45, 2.75) is 66.2 Å². The van der Waals surface area contributed by atoms with Crippen LogP contribution in [0.15, 0.2) is 84.9 Å². The first-order valence-electron chi connectivity index (χ1n) is 13.7. The van der Waals surface area contributed by atoms with Crippen LogP contribution in [0, 0.1) is 13.8 Å². The summed E-state index contributed by atoms with van der Waals surface area (Å²) in [5.41, 5.74) is 11.9. The second-order valence-corrected chi connectivity index (χ2v) is 13.6. The molecule has 5 rings (SSSR count). The molecule has 2 nitrogen and oxygen atoms in total. The fraction of sp³-hybridized carbons (Fsp3) is 0.278. The highest BCUT2D eigenvalue weighted by Crippen LogP contribution is 2.36.